The van der Waals surface area contributed by atoms with Crippen LogP contribution in [0.5, 0.6) is 0 Å². The number of benzene rings is 1. The smallest absolute Gasteiger partial charge is 0.392 e. The molecule has 0 amide bonds. The Hall–Kier alpha value is -1.78. The van der Waals surface area contributed by atoms with Gasteiger partial charge in [-0.15, -0.1) is 0 Å². The van der Waals surface area contributed by atoms with E-state index in [1.165, 1.54) is 12.1 Å². The number of alkyl halides is 3. The van der Waals surface area contributed by atoms with Gasteiger partial charge in [-0.25, -0.2) is 0 Å². The average Bonchev–Trinajstić information content (AvgIpc) is 2.84. The number of fused-ring (bicyclic) bond motifs is 1. The first-order chi connectivity index (χ1) is 10.4. The van der Waals surface area contributed by atoms with Crippen LogP contribution in [0, 0.1) is 11.3 Å². The molecule has 118 valence electrons. The normalized spacial score (nSPS) is 25.9. The number of nitrogens with zero attached hydrogens (tertiary/aromatic N) is 3. The molecule has 0 aliphatic carbocycles. The Morgan fingerprint density at radius 1 is 1.23 bits per heavy atom. The second kappa shape index (κ2) is 5.45. The Bertz CT molecular complexity index is 611. The molecule has 0 bridgehead atoms. The van der Waals surface area contributed by atoms with Crippen LogP contribution in [0.25, 0.3) is 0 Å². The fourth-order valence-corrected chi connectivity index (χ4v) is 3.32. The van der Waals surface area contributed by atoms with Gasteiger partial charge in [0.05, 0.1) is 23.3 Å². The van der Waals surface area contributed by atoms with E-state index >= 15 is 0 Å². The lowest BCUT2D eigenvalue weighted by atomic mass is 10.1. The molecule has 2 fully saturated rings. The van der Waals surface area contributed by atoms with Crippen molar-refractivity contribution in [1.82, 2.24) is 4.90 Å². The van der Waals surface area contributed by atoms with Crippen molar-refractivity contribution in [2.45, 2.75) is 24.7 Å². The number of halogens is 3. The highest BCUT2D eigenvalue weighted by Gasteiger charge is 2.37. The maximum atomic E-state index is 12.8. The van der Waals surface area contributed by atoms with Crippen molar-refractivity contribution in [2.24, 2.45) is 0 Å². The predicted molar refractivity (Wildman–Crippen MR) is 74.4 cm³/mol. The fraction of sp³-hybridized carbons (Fsp3) is 0.533. The molecular formula is C15H16F3N3O. The number of hydrogen-bond acceptors (Lipinski definition) is 4. The van der Waals surface area contributed by atoms with Gasteiger partial charge in [0.15, 0.2) is 0 Å². The Balaban J connectivity index is 1.83. The van der Waals surface area contributed by atoms with Crippen molar-refractivity contribution in [1.29, 1.82) is 5.26 Å². The number of aliphatic hydroxyl groups is 1. The van der Waals surface area contributed by atoms with Crippen molar-refractivity contribution in [3.05, 3.63) is 29.3 Å². The zero-order chi connectivity index (χ0) is 15.9. The molecule has 2 saturated heterocycles. The third-order valence-electron chi connectivity index (χ3n) is 4.39. The van der Waals surface area contributed by atoms with Crippen LogP contribution in [-0.2, 0) is 6.18 Å². The van der Waals surface area contributed by atoms with E-state index in [4.69, 9.17) is 5.26 Å². The summed E-state index contributed by atoms with van der Waals surface area (Å²) in [6.07, 6.45) is -4.16. The van der Waals surface area contributed by atoms with Gasteiger partial charge in [0, 0.05) is 37.9 Å². The fourth-order valence-electron chi connectivity index (χ4n) is 3.32. The number of aliphatic hydroxyl groups excluding tert-OH is 1. The van der Waals surface area contributed by atoms with Gasteiger partial charge in [0.1, 0.15) is 0 Å². The molecule has 2 aliphatic rings. The van der Waals surface area contributed by atoms with Crippen molar-refractivity contribution in [3.63, 3.8) is 0 Å². The van der Waals surface area contributed by atoms with E-state index in [9.17, 15) is 18.3 Å². The summed E-state index contributed by atoms with van der Waals surface area (Å²) in [5.74, 6) is 0. The average molecular weight is 311 g/mol. The van der Waals surface area contributed by atoms with Crippen LogP contribution in [0.1, 0.15) is 17.5 Å². The van der Waals surface area contributed by atoms with Crippen molar-refractivity contribution >= 4 is 5.69 Å². The minimum atomic E-state index is -4.52. The first-order valence-corrected chi connectivity index (χ1v) is 7.17. The van der Waals surface area contributed by atoms with Gasteiger partial charge in [0.25, 0.3) is 0 Å². The molecule has 0 aromatic heterocycles. The first-order valence-electron chi connectivity index (χ1n) is 7.17. The summed E-state index contributed by atoms with van der Waals surface area (Å²) < 4.78 is 38.5. The van der Waals surface area contributed by atoms with E-state index in [0.29, 0.717) is 31.7 Å². The van der Waals surface area contributed by atoms with Crippen LogP contribution in [-0.4, -0.2) is 48.3 Å². The summed E-state index contributed by atoms with van der Waals surface area (Å²) in [4.78, 5) is 4.19. The lowest BCUT2D eigenvalue weighted by molar-refractivity contribution is -0.137. The number of rotatable bonds is 1. The minimum Gasteiger partial charge on any atom is -0.392 e. The third-order valence-corrected chi connectivity index (χ3v) is 4.39. The number of anilines is 1. The molecule has 2 atom stereocenters. The molecular weight excluding hydrogens is 295 g/mol. The van der Waals surface area contributed by atoms with Crippen molar-refractivity contribution < 1.29 is 18.3 Å². The second-order valence-electron chi connectivity index (χ2n) is 5.82. The second-order valence-corrected chi connectivity index (χ2v) is 5.82. The lowest BCUT2D eigenvalue weighted by Gasteiger charge is -2.38. The Labute approximate surface area is 126 Å². The highest BCUT2D eigenvalue weighted by molar-refractivity contribution is 5.55. The molecule has 7 heteroatoms. The molecule has 1 N–H and O–H groups in total. The van der Waals surface area contributed by atoms with E-state index in [2.05, 4.69) is 4.90 Å². The third kappa shape index (κ3) is 2.76. The highest BCUT2D eigenvalue weighted by Crippen LogP contribution is 2.34. The summed E-state index contributed by atoms with van der Waals surface area (Å²) in [5.41, 5.74) is -0.613. The molecule has 3 rings (SSSR count). The zero-order valence-corrected chi connectivity index (χ0v) is 11.8. The molecule has 0 radical (unpaired) electrons. The molecule has 0 unspecified atom stereocenters. The summed E-state index contributed by atoms with van der Waals surface area (Å²) in [7, 11) is 0. The van der Waals surface area contributed by atoms with Gasteiger partial charge < -0.3 is 10.0 Å². The van der Waals surface area contributed by atoms with Crippen LogP contribution in [0.4, 0.5) is 18.9 Å². The summed E-state index contributed by atoms with van der Waals surface area (Å²) in [6, 6.07) is 5.56. The molecule has 1 aromatic rings. The largest absolute Gasteiger partial charge is 0.417 e. The monoisotopic (exact) mass is 311 g/mol. The molecule has 2 heterocycles. The predicted octanol–water partition coefficient (Wildman–Crippen LogP) is 1.83. The van der Waals surface area contributed by atoms with Gasteiger partial charge >= 0.3 is 6.18 Å². The van der Waals surface area contributed by atoms with Gasteiger partial charge in [-0.3, -0.25) is 4.90 Å². The quantitative estimate of drug-likeness (QED) is 0.860. The molecule has 0 spiro atoms. The van der Waals surface area contributed by atoms with Crippen LogP contribution < -0.4 is 4.90 Å². The number of nitriles is 1. The molecule has 1 aromatic carbocycles. The van der Waals surface area contributed by atoms with Crippen molar-refractivity contribution in [3.8, 4) is 6.07 Å². The van der Waals surface area contributed by atoms with E-state index in [-0.39, 0.29) is 17.7 Å². The Kier molecular flexibility index (Phi) is 3.75. The maximum absolute atomic E-state index is 12.8. The minimum absolute atomic E-state index is 0.219. The van der Waals surface area contributed by atoms with Crippen LogP contribution in [0.15, 0.2) is 18.2 Å². The van der Waals surface area contributed by atoms with E-state index in [1.54, 1.807) is 6.07 Å². The van der Waals surface area contributed by atoms with Crippen LogP contribution >= 0.6 is 0 Å². The molecule has 2 aliphatic heterocycles. The lowest BCUT2D eigenvalue weighted by Crippen LogP contribution is -2.50. The van der Waals surface area contributed by atoms with E-state index in [1.807, 2.05) is 4.90 Å². The van der Waals surface area contributed by atoms with E-state index in [0.717, 1.165) is 12.6 Å². The first kappa shape index (κ1) is 15.1. The summed E-state index contributed by atoms with van der Waals surface area (Å²) in [6.45, 7) is 2.77. The van der Waals surface area contributed by atoms with Gasteiger partial charge in [-0.1, -0.05) is 0 Å². The molecule has 22 heavy (non-hydrogen) atoms. The summed E-state index contributed by atoms with van der Waals surface area (Å²) >= 11 is 0. The van der Waals surface area contributed by atoms with E-state index < -0.39 is 11.7 Å². The Morgan fingerprint density at radius 2 is 2.00 bits per heavy atom. The highest BCUT2D eigenvalue weighted by atomic mass is 19.4. The molecule has 4 nitrogen and oxygen atoms in total. The summed E-state index contributed by atoms with van der Waals surface area (Å²) in [5, 5.41) is 18.7. The zero-order valence-electron chi connectivity index (χ0n) is 11.8. The van der Waals surface area contributed by atoms with Gasteiger partial charge in [0.2, 0.25) is 0 Å². The standard InChI is InChI=1S/C15H16F3N3O/c16-15(17,18)14-2-1-11(5-10(14)7-19)20-3-4-21-9-13(22)6-12(21)8-20/h1-2,5,12-13,22H,3-4,6,8-9H2/t12-,13+/m0/s1. The van der Waals surface area contributed by atoms with Crippen LogP contribution in [0.2, 0.25) is 0 Å². The number of piperazine rings is 1. The van der Waals surface area contributed by atoms with Crippen molar-refractivity contribution in [2.75, 3.05) is 31.1 Å². The topological polar surface area (TPSA) is 50.5 Å². The van der Waals surface area contributed by atoms with Gasteiger partial charge in [-0.05, 0) is 24.6 Å². The Morgan fingerprint density at radius 3 is 2.68 bits per heavy atom. The molecule has 0 saturated carbocycles. The van der Waals surface area contributed by atoms with Crippen LogP contribution in [0.3, 0.4) is 0 Å². The maximum Gasteiger partial charge on any atom is 0.417 e. The SMILES string of the molecule is N#Cc1cc(N2CCN3C[C@H](O)C[C@H]3C2)ccc1C(F)(F)F. The van der Waals surface area contributed by atoms with Gasteiger partial charge in [-0.2, -0.15) is 18.4 Å². The number of hydrogen-bond donors (Lipinski definition) is 1.